The third kappa shape index (κ3) is 1.74. The van der Waals surface area contributed by atoms with Crippen LogP contribution >= 0.6 is 0 Å². The van der Waals surface area contributed by atoms with Crippen molar-refractivity contribution in [1.29, 1.82) is 0 Å². The zero-order valence-corrected chi connectivity index (χ0v) is 8.23. The molecule has 4 nitrogen and oxygen atoms in total. The first kappa shape index (κ1) is 9.45. The van der Waals surface area contributed by atoms with E-state index in [1.807, 2.05) is 25.3 Å². The number of hydrogen-bond donors (Lipinski definition) is 1. The molecule has 0 amide bonds. The number of benzene rings is 1. The highest BCUT2D eigenvalue weighted by molar-refractivity contribution is 5.65. The van der Waals surface area contributed by atoms with Crippen molar-refractivity contribution >= 4 is 5.69 Å². The topological polar surface area (TPSA) is 58.9 Å². The molecule has 1 aromatic carbocycles. The van der Waals surface area contributed by atoms with Crippen LogP contribution in [0.1, 0.15) is 5.56 Å². The van der Waals surface area contributed by atoms with E-state index in [1.54, 1.807) is 12.1 Å². The first-order valence-corrected chi connectivity index (χ1v) is 4.57. The third-order valence-corrected chi connectivity index (χ3v) is 2.31. The van der Waals surface area contributed by atoms with Gasteiger partial charge in [-0.25, -0.2) is 0 Å². The maximum Gasteiger partial charge on any atom is 0.269 e. The van der Waals surface area contributed by atoms with E-state index in [2.05, 4.69) is 4.98 Å². The second kappa shape index (κ2) is 3.57. The molecule has 0 unspecified atom stereocenters. The van der Waals surface area contributed by atoms with Gasteiger partial charge in [-0.15, -0.1) is 0 Å². The largest absolute Gasteiger partial charge is 0.361 e. The minimum atomic E-state index is -0.383. The van der Waals surface area contributed by atoms with Gasteiger partial charge in [0.1, 0.15) is 0 Å². The minimum absolute atomic E-state index is 0.128. The summed E-state index contributed by atoms with van der Waals surface area (Å²) in [6.07, 6.45) is 1.83. The lowest BCUT2D eigenvalue weighted by atomic mass is 10.1. The number of hydrogen-bond acceptors (Lipinski definition) is 2. The van der Waals surface area contributed by atoms with Crippen molar-refractivity contribution in [1.82, 2.24) is 4.98 Å². The van der Waals surface area contributed by atoms with Crippen LogP contribution in [0.4, 0.5) is 5.69 Å². The van der Waals surface area contributed by atoms with Gasteiger partial charge in [-0.05, 0) is 30.7 Å². The van der Waals surface area contributed by atoms with E-state index in [0.29, 0.717) is 0 Å². The van der Waals surface area contributed by atoms with E-state index in [1.165, 1.54) is 6.07 Å². The van der Waals surface area contributed by atoms with Crippen molar-refractivity contribution in [3.8, 4) is 11.3 Å². The zero-order valence-electron chi connectivity index (χ0n) is 8.23. The molecule has 0 radical (unpaired) electrons. The molecule has 0 fully saturated rings. The van der Waals surface area contributed by atoms with Gasteiger partial charge in [0.05, 0.1) is 4.92 Å². The second-order valence-electron chi connectivity index (χ2n) is 3.34. The van der Waals surface area contributed by atoms with Gasteiger partial charge >= 0.3 is 0 Å². The fourth-order valence-corrected chi connectivity index (χ4v) is 1.56. The van der Waals surface area contributed by atoms with Crippen molar-refractivity contribution in [2.75, 3.05) is 0 Å². The van der Waals surface area contributed by atoms with Crippen LogP contribution in [0, 0.1) is 17.0 Å². The van der Waals surface area contributed by atoms with Gasteiger partial charge < -0.3 is 4.98 Å². The number of nitro groups is 1. The normalized spacial score (nSPS) is 10.2. The lowest BCUT2D eigenvalue weighted by molar-refractivity contribution is -0.384. The summed E-state index contributed by atoms with van der Waals surface area (Å²) in [6.45, 7) is 1.86. The fourth-order valence-electron chi connectivity index (χ4n) is 1.56. The quantitative estimate of drug-likeness (QED) is 0.601. The predicted octanol–water partition coefficient (Wildman–Crippen LogP) is 2.90. The minimum Gasteiger partial charge on any atom is -0.361 e. The lowest BCUT2D eigenvalue weighted by Crippen LogP contribution is -1.90. The zero-order chi connectivity index (χ0) is 10.8. The monoisotopic (exact) mass is 202 g/mol. The molecule has 0 atom stereocenters. The van der Waals surface area contributed by atoms with E-state index in [-0.39, 0.29) is 10.6 Å². The molecule has 0 aliphatic heterocycles. The molecular weight excluding hydrogens is 192 g/mol. The van der Waals surface area contributed by atoms with Crippen LogP contribution in [-0.4, -0.2) is 9.91 Å². The molecule has 1 N–H and O–H groups in total. The van der Waals surface area contributed by atoms with Crippen LogP contribution in [-0.2, 0) is 0 Å². The summed E-state index contributed by atoms with van der Waals surface area (Å²) in [6, 6.07) is 8.70. The van der Waals surface area contributed by atoms with Gasteiger partial charge in [-0.3, -0.25) is 10.1 Å². The Hall–Kier alpha value is -2.10. The Morgan fingerprint density at radius 1 is 1.33 bits per heavy atom. The molecule has 0 aliphatic carbocycles. The number of aromatic amines is 1. The van der Waals surface area contributed by atoms with Gasteiger partial charge in [0, 0.05) is 29.6 Å². The van der Waals surface area contributed by atoms with Crippen LogP contribution < -0.4 is 0 Å². The van der Waals surface area contributed by atoms with Crippen LogP contribution in [0.2, 0.25) is 0 Å². The number of rotatable bonds is 2. The Morgan fingerprint density at radius 3 is 2.67 bits per heavy atom. The molecule has 2 aromatic rings. The van der Waals surface area contributed by atoms with Gasteiger partial charge in [0.25, 0.3) is 5.69 Å². The van der Waals surface area contributed by atoms with Crippen LogP contribution in [0.5, 0.6) is 0 Å². The van der Waals surface area contributed by atoms with E-state index >= 15 is 0 Å². The molecule has 1 aromatic heterocycles. The number of nitrogens with one attached hydrogen (secondary N) is 1. The lowest BCUT2D eigenvalue weighted by Gasteiger charge is -2.02. The van der Waals surface area contributed by atoms with Crippen molar-refractivity contribution < 1.29 is 4.92 Å². The maximum absolute atomic E-state index is 10.5. The number of nitro benzene ring substituents is 1. The predicted molar refractivity (Wildman–Crippen MR) is 57.6 cm³/mol. The average Bonchev–Trinajstić information content (AvgIpc) is 2.70. The summed E-state index contributed by atoms with van der Waals surface area (Å²) >= 11 is 0. The molecule has 0 saturated heterocycles. The van der Waals surface area contributed by atoms with E-state index < -0.39 is 0 Å². The smallest absolute Gasteiger partial charge is 0.269 e. The molecule has 4 heteroatoms. The summed E-state index contributed by atoms with van der Waals surface area (Å²) in [4.78, 5) is 13.2. The summed E-state index contributed by atoms with van der Waals surface area (Å²) < 4.78 is 0. The van der Waals surface area contributed by atoms with Gasteiger partial charge in [0.15, 0.2) is 0 Å². The number of aryl methyl sites for hydroxylation is 1. The van der Waals surface area contributed by atoms with Crippen LogP contribution in [0.3, 0.4) is 0 Å². The SMILES string of the molecule is Cc1cc([N+](=O)[O-])ccc1-c1ccc[nH]1. The Kier molecular flexibility index (Phi) is 2.25. The van der Waals surface area contributed by atoms with Gasteiger partial charge in [-0.1, -0.05) is 0 Å². The second-order valence-corrected chi connectivity index (χ2v) is 3.34. The van der Waals surface area contributed by atoms with Crippen molar-refractivity contribution in [2.24, 2.45) is 0 Å². The fraction of sp³-hybridized carbons (Fsp3) is 0.0909. The highest BCUT2D eigenvalue weighted by atomic mass is 16.6. The molecule has 15 heavy (non-hydrogen) atoms. The van der Waals surface area contributed by atoms with Crippen molar-refractivity contribution in [3.05, 3.63) is 52.2 Å². The van der Waals surface area contributed by atoms with Crippen molar-refractivity contribution in [2.45, 2.75) is 6.92 Å². The summed E-state index contributed by atoms with van der Waals surface area (Å²) in [7, 11) is 0. The Labute approximate surface area is 86.7 Å². The standard InChI is InChI=1S/C11H10N2O2/c1-8-7-9(13(14)15)4-5-10(8)11-3-2-6-12-11/h2-7,12H,1H3. The molecular formula is C11H10N2O2. The first-order chi connectivity index (χ1) is 7.18. The summed E-state index contributed by atoms with van der Waals surface area (Å²) in [5.41, 5.74) is 2.99. The number of H-pyrrole nitrogens is 1. The summed E-state index contributed by atoms with van der Waals surface area (Å²) in [5.74, 6) is 0. The highest BCUT2D eigenvalue weighted by Crippen LogP contribution is 2.25. The Morgan fingerprint density at radius 2 is 2.13 bits per heavy atom. The number of nitrogens with zero attached hydrogens (tertiary/aromatic N) is 1. The first-order valence-electron chi connectivity index (χ1n) is 4.57. The molecule has 0 aliphatic rings. The third-order valence-electron chi connectivity index (χ3n) is 2.31. The molecule has 2 rings (SSSR count). The van der Waals surface area contributed by atoms with Gasteiger partial charge in [-0.2, -0.15) is 0 Å². The van der Waals surface area contributed by atoms with Gasteiger partial charge in [0.2, 0.25) is 0 Å². The van der Waals surface area contributed by atoms with E-state index in [9.17, 15) is 10.1 Å². The van der Waals surface area contributed by atoms with Crippen LogP contribution in [0.15, 0.2) is 36.5 Å². The van der Waals surface area contributed by atoms with E-state index in [0.717, 1.165) is 16.8 Å². The van der Waals surface area contributed by atoms with E-state index in [4.69, 9.17) is 0 Å². The summed E-state index contributed by atoms with van der Waals surface area (Å²) in [5, 5.41) is 10.5. The number of non-ortho nitro benzene ring substituents is 1. The molecule has 0 spiro atoms. The highest BCUT2D eigenvalue weighted by Gasteiger charge is 2.09. The maximum atomic E-state index is 10.5. The average molecular weight is 202 g/mol. The molecule has 0 bridgehead atoms. The number of aromatic nitrogens is 1. The Balaban J connectivity index is 2.48. The Bertz CT molecular complexity index is 489. The molecule has 1 heterocycles. The molecule has 0 saturated carbocycles. The molecule has 76 valence electrons. The van der Waals surface area contributed by atoms with Crippen molar-refractivity contribution in [3.63, 3.8) is 0 Å². The van der Waals surface area contributed by atoms with Crippen LogP contribution in [0.25, 0.3) is 11.3 Å².